The van der Waals surface area contributed by atoms with Gasteiger partial charge >= 0.3 is 0 Å². The fraction of sp³-hybridized carbons (Fsp3) is 0.600. The minimum atomic E-state index is -3.63. The van der Waals surface area contributed by atoms with Gasteiger partial charge in [-0.25, -0.2) is 13.4 Å². The molecule has 1 aromatic heterocycles. The van der Waals surface area contributed by atoms with Crippen molar-refractivity contribution in [1.82, 2.24) is 4.98 Å². The lowest BCUT2D eigenvalue weighted by atomic mass is 10.4. The zero-order valence-electron chi connectivity index (χ0n) is 9.43. The number of aryl methyl sites for hydroxylation is 2. The Morgan fingerprint density at radius 2 is 2.35 bits per heavy atom. The zero-order valence-corrected chi connectivity index (χ0v) is 11.1. The number of nitriles is 1. The van der Waals surface area contributed by atoms with E-state index in [0.717, 1.165) is 29.8 Å². The van der Waals surface area contributed by atoms with E-state index in [9.17, 15) is 8.42 Å². The Hall–Kier alpha value is -1.13. The molecule has 1 heterocycles. The molecule has 0 spiro atoms. The average Bonchev–Trinajstić information content (AvgIpc) is 2.78. The van der Waals surface area contributed by atoms with Crippen molar-refractivity contribution in [3.63, 3.8) is 0 Å². The zero-order chi connectivity index (χ0) is 12.5. The minimum absolute atomic E-state index is 0.275. The molecule has 0 amide bonds. The molecule has 0 fully saturated rings. The number of fused-ring (bicyclic) bond motifs is 1. The lowest BCUT2D eigenvalue weighted by molar-refractivity contribution is 0.593. The van der Waals surface area contributed by atoms with Gasteiger partial charge in [-0.05, 0) is 25.7 Å². The second-order valence-electron chi connectivity index (χ2n) is 3.92. The van der Waals surface area contributed by atoms with E-state index in [4.69, 9.17) is 5.26 Å². The molecule has 0 aromatic carbocycles. The number of nitrogens with zero attached hydrogens (tertiary/aromatic N) is 2. The molecule has 1 atom stereocenters. The second kappa shape index (κ2) is 4.63. The van der Waals surface area contributed by atoms with E-state index in [1.807, 2.05) is 0 Å². The predicted octanol–water partition coefficient (Wildman–Crippen LogP) is 1.68. The number of sulfonamides is 1. The Labute approximate surface area is 105 Å². The normalized spacial score (nSPS) is 16.2. The first kappa shape index (κ1) is 12.3. The first-order valence-corrected chi connectivity index (χ1v) is 7.83. The van der Waals surface area contributed by atoms with Crippen LogP contribution in [0, 0.1) is 11.3 Å². The van der Waals surface area contributed by atoms with Gasteiger partial charge in [0.05, 0.1) is 11.8 Å². The summed E-state index contributed by atoms with van der Waals surface area (Å²) in [5, 5.41) is 8.15. The molecule has 92 valence electrons. The Morgan fingerprint density at radius 1 is 1.59 bits per heavy atom. The van der Waals surface area contributed by atoms with E-state index in [-0.39, 0.29) is 6.42 Å². The summed E-state index contributed by atoms with van der Waals surface area (Å²) in [6.45, 7) is 1.68. The van der Waals surface area contributed by atoms with E-state index in [1.54, 1.807) is 13.0 Å². The third-order valence-electron chi connectivity index (χ3n) is 2.71. The number of hydrogen-bond acceptors (Lipinski definition) is 5. The van der Waals surface area contributed by atoms with Crippen LogP contribution in [0.25, 0.3) is 0 Å². The van der Waals surface area contributed by atoms with Gasteiger partial charge in [-0.3, -0.25) is 4.72 Å². The van der Waals surface area contributed by atoms with Crippen molar-refractivity contribution in [3.8, 4) is 6.07 Å². The number of hydrogen-bond donors (Lipinski definition) is 1. The molecular weight excluding hydrogens is 258 g/mol. The van der Waals surface area contributed by atoms with Gasteiger partial charge < -0.3 is 0 Å². The Bertz CT molecular complexity index is 535. The molecule has 1 unspecified atom stereocenters. The fourth-order valence-electron chi connectivity index (χ4n) is 1.81. The lowest BCUT2D eigenvalue weighted by Gasteiger charge is -2.08. The monoisotopic (exact) mass is 271 g/mol. The summed E-state index contributed by atoms with van der Waals surface area (Å²) in [6.07, 6.45) is 3.26. The van der Waals surface area contributed by atoms with Crippen LogP contribution in [-0.4, -0.2) is 18.7 Å². The van der Waals surface area contributed by atoms with Crippen molar-refractivity contribution < 1.29 is 8.42 Å². The van der Waals surface area contributed by atoms with E-state index < -0.39 is 15.3 Å². The predicted molar refractivity (Wildman–Crippen MR) is 66.4 cm³/mol. The first-order chi connectivity index (χ1) is 8.06. The summed E-state index contributed by atoms with van der Waals surface area (Å²) in [4.78, 5) is 5.41. The Balaban J connectivity index is 2.18. The summed E-state index contributed by atoms with van der Waals surface area (Å²) in [7, 11) is -3.63. The van der Waals surface area contributed by atoms with E-state index >= 15 is 0 Å². The number of anilines is 1. The smallest absolute Gasteiger partial charge is 0.250 e. The topological polar surface area (TPSA) is 82.8 Å². The van der Waals surface area contributed by atoms with Gasteiger partial charge in [0.25, 0.3) is 10.0 Å². The van der Waals surface area contributed by atoms with Crippen molar-refractivity contribution in [1.29, 1.82) is 5.26 Å². The highest BCUT2D eigenvalue weighted by Gasteiger charge is 2.26. The second-order valence-corrected chi connectivity index (χ2v) is 6.86. The summed E-state index contributed by atoms with van der Waals surface area (Å²) >= 11 is 1.38. The largest absolute Gasteiger partial charge is 0.258 e. The first-order valence-electron chi connectivity index (χ1n) is 5.46. The van der Waals surface area contributed by atoms with Crippen LogP contribution in [0.4, 0.5) is 5.13 Å². The highest BCUT2D eigenvalue weighted by atomic mass is 32.2. The molecule has 2 rings (SSSR count). The number of thiazole rings is 1. The summed E-state index contributed by atoms with van der Waals surface area (Å²) in [5.41, 5.74) is 0.998. The quantitative estimate of drug-likeness (QED) is 0.903. The van der Waals surface area contributed by atoms with Crippen LogP contribution in [0.15, 0.2) is 0 Å². The lowest BCUT2D eigenvalue weighted by Crippen LogP contribution is -2.25. The molecule has 0 saturated heterocycles. The highest BCUT2D eigenvalue weighted by Crippen LogP contribution is 2.31. The molecule has 7 heteroatoms. The van der Waals surface area contributed by atoms with Gasteiger partial charge in [-0.15, -0.1) is 11.3 Å². The highest BCUT2D eigenvalue weighted by molar-refractivity contribution is 7.93. The molecule has 5 nitrogen and oxygen atoms in total. The van der Waals surface area contributed by atoms with E-state index in [1.165, 1.54) is 11.3 Å². The summed E-state index contributed by atoms with van der Waals surface area (Å²) in [5.74, 6) is 0. The SMILES string of the molecule is CCC(C#N)S(=O)(=O)Nc1nc2c(s1)CCC2. The third-order valence-corrected chi connectivity index (χ3v) is 5.58. The molecule has 0 radical (unpaired) electrons. The van der Waals surface area contributed by atoms with Crippen molar-refractivity contribution in [2.75, 3.05) is 4.72 Å². The molecule has 17 heavy (non-hydrogen) atoms. The van der Waals surface area contributed by atoms with Gasteiger partial charge in [0.1, 0.15) is 0 Å². The Morgan fingerprint density at radius 3 is 2.94 bits per heavy atom. The van der Waals surface area contributed by atoms with Crippen LogP contribution in [0.3, 0.4) is 0 Å². The summed E-state index contributed by atoms with van der Waals surface area (Å²) < 4.78 is 26.1. The van der Waals surface area contributed by atoms with Crippen LogP contribution >= 0.6 is 11.3 Å². The average molecular weight is 271 g/mol. The van der Waals surface area contributed by atoms with E-state index in [0.29, 0.717) is 5.13 Å². The molecule has 0 saturated carbocycles. The molecule has 1 aliphatic rings. The van der Waals surface area contributed by atoms with Crippen LogP contribution in [0.1, 0.15) is 30.3 Å². The third kappa shape index (κ3) is 2.42. The van der Waals surface area contributed by atoms with Gasteiger partial charge in [0.2, 0.25) is 0 Å². The van der Waals surface area contributed by atoms with Gasteiger partial charge in [-0.1, -0.05) is 6.92 Å². The Kier molecular flexibility index (Phi) is 3.35. The van der Waals surface area contributed by atoms with Crippen LogP contribution < -0.4 is 4.72 Å². The van der Waals surface area contributed by atoms with Gasteiger partial charge in [0, 0.05) is 4.88 Å². The summed E-state index contributed by atoms with van der Waals surface area (Å²) in [6, 6.07) is 1.79. The van der Waals surface area contributed by atoms with Gasteiger partial charge in [0.15, 0.2) is 10.4 Å². The standard InChI is InChI=1S/C10H13N3O2S2/c1-2-7(6-11)17(14,15)13-10-12-8-4-3-5-9(8)16-10/h7H,2-5H2,1H3,(H,12,13). The molecule has 1 aromatic rings. The van der Waals surface area contributed by atoms with Gasteiger partial charge in [-0.2, -0.15) is 5.26 Å². The van der Waals surface area contributed by atoms with Crippen LogP contribution in [0.2, 0.25) is 0 Å². The molecule has 0 bridgehead atoms. The van der Waals surface area contributed by atoms with E-state index in [2.05, 4.69) is 9.71 Å². The van der Waals surface area contributed by atoms with Crippen LogP contribution in [-0.2, 0) is 22.9 Å². The minimum Gasteiger partial charge on any atom is -0.258 e. The maximum absolute atomic E-state index is 11.8. The maximum atomic E-state index is 11.8. The molecule has 0 aliphatic heterocycles. The number of aromatic nitrogens is 1. The molecule has 1 N–H and O–H groups in total. The fourth-order valence-corrected chi connectivity index (χ4v) is 4.23. The van der Waals surface area contributed by atoms with Crippen molar-refractivity contribution >= 4 is 26.5 Å². The van der Waals surface area contributed by atoms with Crippen molar-refractivity contribution in [2.24, 2.45) is 0 Å². The number of rotatable bonds is 4. The maximum Gasteiger partial charge on any atom is 0.250 e. The van der Waals surface area contributed by atoms with Crippen molar-refractivity contribution in [2.45, 2.75) is 37.9 Å². The molecule has 1 aliphatic carbocycles. The van der Waals surface area contributed by atoms with Crippen molar-refractivity contribution in [3.05, 3.63) is 10.6 Å². The molecular formula is C10H13N3O2S2. The number of nitrogens with one attached hydrogen (secondary N) is 1. The van der Waals surface area contributed by atoms with Crippen LogP contribution in [0.5, 0.6) is 0 Å².